The molecule has 1 amide bonds. The first-order valence-electron chi connectivity index (χ1n) is 7.04. The number of hydrogen-bond donors (Lipinski definition) is 1. The molecule has 0 radical (unpaired) electrons. The fraction of sp³-hybridized carbons (Fsp3) is 0.235. The number of benzene rings is 2. The van der Waals surface area contributed by atoms with Gasteiger partial charge in [-0.15, -0.1) is 0 Å². The van der Waals surface area contributed by atoms with E-state index in [4.69, 9.17) is 21.1 Å². The van der Waals surface area contributed by atoms with Gasteiger partial charge in [0.25, 0.3) is 5.91 Å². The van der Waals surface area contributed by atoms with E-state index in [0.717, 1.165) is 23.5 Å². The van der Waals surface area contributed by atoms with Crippen LogP contribution < -0.4 is 14.8 Å². The minimum atomic E-state index is -0.125. The van der Waals surface area contributed by atoms with E-state index < -0.39 is 0 Å². The van der Waals surface area contributed by atoms with Crippen LogP contribution in [0, 0.1) is 0 Å². The number of carbonyl (C=O) groups excluding carboxylic acids is 1. The zero-order chi connectivity index (χ0) is 15.5. The van der Waals surface area contributed by atoms with E-state index in [9.17, 15) is 4.79 Å². The van der Waals surface area contributed by atoms with Crippen LogP contribution in [0.15, 0.2) is 42.5 Å². The van der Waals surface area contributed by atoms with Crippen molar-refractivity contribution < 1.29 is 14.3 Å². The van der Waals surface area contributed by atoms with Crippen LogP contribution in [0.5, 0.6) is 11.5 Å². The van der Waals surface area contributed by atoms with Gasteiger partial charge in [-0.3, -0.25) is 4.79 Å². The van der Waals surface area contributed by atoms with Crippen molar-refractivity contribution in [3.8, 4) is 11.5 Å². The predicted octanol–water partition coefficient (Wildman–Crippen LogP) is 3.60. The van der Waals surface area contributed by atoms with E-state index in [0.29, 0.717) is 17.2 Å². The number of methoxy groups -OCH3 is 1. The molecule has 3 rings (SSSR count). The first-order chi connectivity index (χ1) is 10.7. The Morgan fingerprint density at radius 1 is 1.27 bits per heavy atom. The topological polar surface area (TPSA) is 47.6 Å². The largest absolute Gasteiger partial charge is 0.497 e. The third-order valence-corrected chi connectivity index (χ3v) is 3.90. The van der Waals surface area contributed by atoms with Gasteiger partial charge in [-0.05, 0) is 42.5 Å². The molecular formula is C17H16ClNO3. The average molecular weight is 318 g/mol. The van der Waals surface area contributed by atoms with Crippen molar-refractivity contribution in [3.63, 3.8) is 0 Å². The van der Waals surface area contributed by atoms with Gasteiger partial charge in [0.05, 0.1) is 19.8 Å². The SMILES string of the molecule is COc1ccc(C(=O)NC2CCOc3ccc(Cl)cc32)cc1. The lowest BCUT2D eigenvalue weighted by Gasteiger charge is -2.27. The molecule has 1 aliphatic heterocycles. The molecule has 0 aliphatic carbocycles. The first kappa shape index (κ1) is 14.7. The Morgan fingerprint density at radius 2 is 2.05 bits per heavy atom. The summed E-state index contributed by atoms with van der Waals surface area (Å²) in [6, 6.07) is 12.4. The van der Waals surface area contributed by atoms with Gasteiger partial charge in [0, 0.05) is 22.6 Å². The number of amides is 1. The highest BCUT2D eigenvalue weighted by molar-refractivity contribution is 6.30. The van der Waals surface area contributed by atoms with E-state index in [1.165, 1.54) is 0 Å². The molecule has 1 atom stereocenters. The number of hydrogen-bond acceptors (Lipinski definition) is 3. The van der Waals surface area contributed by atoms with Crippen molar-refractivity contribution >= 4 is 17.5 Å². The van der Waals surface area contributed by atoms with E-state index >= 15 is 0 Å². The summed E-state index contributed by atoms with van der Waals surface area (Å²) in [6.45, 7) is 0.572. The Kier molecular flexibility index (Phi) is 4.20. The number of ether oxygens (including phenoxy) is 2. The van der Waals surface area contributed by atoms with Crippen LogP contribution >= 0.6 is 11.6 Å². The molecule has 2 aromatic rings. The van der Waals surface area contributed by atoms with E-state index in [-0.39, 0.29) is 11.9 Å². The second-order valence-corrected chi connectivity index (χ2v) is 5.51. The molecule has 2 aromatic carbocycles. The van der Waals surface area contributed by atoms with Gasteiger partial charge in [0.1, 0.15) is 11.5 Å². The van der Waals surface area contributed by atoms with Crippen molar-refractivity contribution in [2.24, 2.45) is 0 Å². The molecular weight excluding hydrogens is 302 g/mol. The second kappa shape index (κ2) is 6.28. The minimum Gasteiger partial charge on any atom is -0.497 e. The summed E-state index contributed by atoms with van der Waals surface area (Å²) in [5.74, 6) is 1.37. The molecule has 5 heteroatoms. The third-order valence-electron chi connectivity index (χ3n) is 3.67. The molecule has 1 aliphatic rings. The normalized spacial score (nSPS) is 16.4. The van der Waals surface area contributed by atoms with Gasteiger partial charge in [-0.1, -0.05) is 11.6 Å². The summed E-state index contributed by atoms with van der Waals surface area (Å²) < 4.78 is 10.7. The number of rotatable bonds is 3. The Hall–Kier alpha value is -2.20. The fourth-order valence-electron chi connectivity index (χ4n) is 2.50. The van der Waals surface area contributed by atoms with Crippen LogP contribution in [0.4, 0.5) is 0 Å². The molecule has 0 aromatic heterocycles. The Morgan fingerprint density at radius 3 is 2.77 bits per heavy atom. The average Bonchev–Trinajstić information content (AvgIpc) is 2.55. The van der Waals surface area contributed by atoms with Crippen molar-refractivity contribution in [1.82, 2.24) is 5.32 Å². The van der Waals surface area contributed by atoms with Crippen LogP contribution in [0.3, 0.4) is 0 Å². The van der Waals surface area contributed by atoms with Gasteiger partial charge in [-0.2, -0.15) is 0 Å². The molecule has 1 N–H and O–H groups in total. The molecule has 0 fully saturated rings. The number of carbonyl (C=O) groups is 1. The highest BCUT2D eigenvalue weighted by atomic mass is 35.5. The molecule has 4 nitrogen and oxygen atoms in total. The van der Waals surface area contributed by atoms with Crippen molar-refractivity contribution in [3.05, 3.63) is 58.6 Å². The van der Waals surface area contributed by atoms with Gasteiger partial charge in [0.2, 0.25) is 0 Å². The van der Waals surface area contributed by atoms with Crippen molar-refractivity contribution in [1.29, 1.82) is 0 Å². The quantitative estimate of drug-likeness (QED) is 0.941. The lowest BCUT2D eigenvalue weighted by Crippen LogP contribution is -2.32. The van der Waals surface area contributed by atoms with Crippen LogP contribution in [-0.2, 0) is 0 Å². The highest BCUT2D eigenvalue weighted by Crippen LogP contribution is 2.34. The fourth-order valence-corrected chi connectivity index (χ4v) is 2.68. The second-order valence-electron chi connectivity index (χ2n) is 5.07. The maximum absolute atomic E-state index is 12.4. The minimum absolute atomic E-state index is 0.1000. The lowest BCUT2D eigenvalue weighted by atomic mass is 10.00. The summed E-state index contributed by atoms with van der Waals surface area (Å²) in [4.78, 5) is 12.4. The van der Waals surface area contributed by atoms with Gasteiger partial charge in [0.15, 0.2) is 0 Å². The van der Waals surface area contributed by atoms with Gasteiger partial charge in [-0.25, -0.2) is 0 Å². The third kappa shape index (κ3) is 3.02. The maximum Gasteiger partial charge on any atom is 0.251 e. The molecule has 0 spiro atoms. The Balaban J connectivity index is 1.78. The molecule has 22 heavy (non-hydrogen) atoms. The Bertz CT molecular complexity index is 685. The van der Waals surface area contributed by atoms with Crippen LogP contribution in [0.2, 0.25) is 5.02 Å². The first-order valence-corrected chi connectivity index (χ1v) is 7.42. The molecule has 1 heterocycles. The summed E-state index contributed by atoms with van der Waals surface area (Å²) in [6.07, 6.45) is 0.717. The summed E-state index contributed by atoms with van der Waals surface area (Å²) in [7, 11) is 1.60. The predicted molar refractivity (Wildman–Crippen MR) is 84.8 cm³/mol. The van der Waals surface area contributed by atoms with Crippen LogP contribution in [-0.4, -0.2) is 19.6 Å². The van der Waals surface area contributed by atoms with E-state index in [2.05, 4.69) is 5.32 Å². The molecule has 1 unspecified atom stereocenters. The molecule has 0 bridgehead atoms. The monoisotopic (exact) mass is 317 g/mol. The number of halogens is 1. The zero-order valence-corrected chi connectivity index (χ0v) is 12.9. The molecule has 0 saturated carbocycles. The van der Waals surface area contributed by atoms with Gasteiger partial charge < -0.3 is 14.8 Å². The Labute approximate surface area is 134 Å². The zero-order valence-electron chi connectivity index (χ0n) is 12.1. The van der Waals surface area contributed by atoms with E-state index in [1.807, 2.05) is 12.1 Å². The maximum atomic E-state index is 12.4. The lowest BCUT2D eigenvalue weighted by molar-refractivity contribution is 0.0925. The smallest absolute Gasteiger partial charge is 0.251 e. The van der Waals surface area contributed by atoms with Crippen LogP contribution in [0.1, 0.15) is 28.4 Å². The summed E-state index contributed by atoms with van der Waals surface area (Å²) in [5.41, 5.74) is 1.51. The van der Waals surface area contributed by atoms with Crippen molar-refractivity contribution in [2.75, 3.05) is 13.7 Å². The standard InChI is InChI=1S/C17H16ClNO3/c1-21-13-5-2-11(3-6-13)17(20)19-15-8-9-22-16-7-4-12(18)10-14(15)16/h2-7,10,15H,8-9H2,1H3,(H,19,20). The van der Waals surface area contributed by atoms with E-state index in [1.54, 1.807) is 37.4 Å². The summed E-state index contributed by atoms with van der Waals surface area (Å²) in [5, 5.41) is 3.67. The van der Waals surface area contributed by atoms with Crippen molar-refractivity contribution in [2.45, 2.75) is 12.5 Å². The molecule has 0 saturated heterocycles. The number of nitrogens with one attached hydrogen (secondary N) is 1. The molecule has 114 valence electrons. The van der Waals surface area contributed by atoms with Gasteiger partial charge >= 0.3 is 0 Å². The highest BCUT2D eigenvalue weighted by Gasteiger charge is 2.23. The summed E-state index contributed by atoms with van der Waals surface area (Å²) >= 11 is 6.05. The van der Waals surface area contributed by atoms with Crippen LogP contribution in [0.25, 0.3) is 0 Å². The number of fused-ring (bicyclic) bond motifs is 1.